The van der Waals surface area contributed by atoms with Crippen LogP contribution in [0.25, 0.3) is 0 Å². The molecule has 16 heavy (non-hydrogen) atoms. The molecular formula is C13H21NO2. The van der Waals surface area contributed by atoms with Crippen LogP contribution >= 0.6 is 0 Å². The van der Waals surface area contributed by atoms with Crippen LogP contribution in [0.2, 0.25) is 0 Å². The summed E-state index contributed by atoms with van der Waals surface area (Å²) in [6.45, 7) is 3.19. The van der Waals surface area contributed by atoms with E-state index in [1.54, 1.807) is 6.08 Å². The third kappa shape index (κ3) is 2.85. The number of nitrogens with zero attached hydrogens (tertiary/aromatic N) is 1. The first-order valence-electron chi connectivity index (χ1n) is 6.23. The molecule has 2 rings (SSSR count). The number of carbonyl (C=O) groups excluding carboxylic acids is 1. The largest absolute Gasteiger partial charge is 0.459 e. The second kappa shape index (κ2) is 5.00. The predicted molar refractivity (Wildman–Crippen MR) is 63.1 cm³/mol. The van der Waals surface area contributed by atoms with Crippen LogP contribution in [-0.2, 0) is 9.53 Å². The van der Waals surface area contributed by atoms with Gasteiger partial charge in [-0.1, -0.05) is 12.0 Å². The normalized spacial score (nSPS) is 32.1. The summed E-state index contributed by atoms with van der Waals surface area (Å²) in [6, 6.07) is 0.595. The molecule has 2 aliphatic rings. The minimum atomic E-state index is -0.160. The summed E-state index contributed by atoms with van der Waals surface area (Å²) in [7, 11) is 2.18. The maximum absolute atomic E-state index is 11.3. The van der Waals surface area contributed by atoms with E-state index in [1.165, 1.54) is 25.8 Å². The molecule has 90 valence electrons. The Balaban J connectivity index is 1.89. The highest BCUT2D eigenvalue weighted by molar-refractivity contribution is 5.83. The Hall–Kier alpha value is -0.830. The fraction of sp³-hybridized carbons (Fsp3) is 0.769. The molecule has 0 radical (unpaired) electrons. The second-order valence-corrected chi connectivity index (χ2v) is 5.12. The molecule has 0 aliphatic carbocycles. The summed E-state index contributed by atoms with van der Waals surface area (Å²) in [4.78, 5) is 13.7. The Bertz CT molecular complexity index is 298. The van der Waals surface area contributed by atoms with Gasteiger partial charge in [0.15, 0.2) is 0 Å². The van der Waals surface area contributed by atoms with Crippen molar-refractivity contribution in [1.82, 2.24) is 4.90 Å². The van der Waals surface area contributed by atoms with Crippen LogP contribution in [0.4, 0.5) is 0 Å². The standard InChI is InChI=1S/C13H21NO2/c1-10-7-12(16-13(15)8-10)9-11-5-3-4-6-14(11)2/h8,11-12H,3-7,9H2,1-2H3. The minimum Gasteiger partial charge on any atom is -0.459 e. The van der Waals surface area contributed by atoms with E-state index in [0.717, 1.165) is 18.4 Å². The average molecular weight is 223 g/mol. The number of ether oxygens (including phenoxy) is 1. The van der Waals surface area contributed by atoms with Gasteiger partial charge >= 0.3 is 5.97 Å². The van der Waals surface area contributed by atoms with E-state index in [0.29, 0.717) is 6.04 Å². The zero-order chi connectivity index (χ0) is 11.5. The molecule has 2 unspecified atom stereocenters. The van der Waals surface area contributed by atoms with E-state index in [-0.39, 0.29) is 12.1 Å². The number of likely N-dealkylation sites (tertiary alicyclic amines) is 1. The third-order valence-electron chi connectivity index (χ3n) is 3.65. The van der Waals surface area contributed by atoms with Gasteiger partial charge in [0.25, 0.3) is 0 Å². The molecule has 0 aromatic carbocycles. The van der Waals surface area contributed by atoms with Crippen LogP contribution in [0.15, 0.2) is 11.6 Å². The summed E-state index contributed by atoms with van der Waals surface area (Å²) < 4.78 is 5.37. The predicted octanol–water partition coefficient (Wildman–Crippen LogP) is 2.12. The topological polar surface area (TPSA) is 29.5 Å². The van der Waals surface area contributed by atoms with Gasteiger partial charge in [-0.15, -0.1) is 0 Å². The van der Waals surface area contributed by atoms with Crippen LogP contribution in [0, 0.1) is 0 Å². The first kappa shape index (κ1) is 11.6. The van der Waals surface area contributed by atoms with Crippen molar-refractivity contribution in [1.29, 1.82) is 0 Å². The Kier molecular flexibility index (Phi) is 3.64. The Labute approximate surface area is 97.5 Å². The first-order valence-corrected chi connectivity index (χ1v) is 6.23. The lowest BCUT2D eigenvalue weighted by Gasteiger charge is -2.35. The SMILES string of the molecule is CC1=CC(=O)OC(CC2CCCCN2C)C1. The molecule has 3 nitrogen and oxygen atoms in total. The zero-order valence-corrected chi connectivity index (χ0v) is 10.2. The Morgan fingerprint density at radius 3 is 3.00 bits per heavy atom. The van der Waals surface area contributed by atoms with Gasteiger partial charge < -0.3 is 9.64 Å². The summed E-state index contributed by atoms with van der Waals surface area (Å²) in [6.07, 6.45) is 7.47. The number of hydrogen-bond acceptors (Lipinski definition) is 3. The maximum atomic E-state index is 11.3. The van der Waals surface area contributed by atoms with Gasteiger partial charge in [-0.25, -0.2) is 4.79 Å². The Morgan fingerprint density at radius 2 is 2.31 bits per heavy atom. The maximum Gasteiger partial charge on any atom is 0.330 e. The molecule has 0 spiro atoms. The van der Waals surface area contributed by atoms with Crippen LogP contribution in [0.5, 0.6) is 0 Å². The van der Waals surface area contributed by atoms with E-state index in [2.05, 4.69) is 11.9 Å². The number of esters is 1. The minimum absolute atomic E-state index is 0.100. The van der Waals surface area contributed by atoms with Gasteiger partial charge in [0.2, 0.25) is 0 Å². The van der Waals surface area contributed by atoms with Gasteiger partial charge in [-0.05, 0) is 33.4 Å². The fourth-order valence-corrected chi connectivity index (χ4v) is 2.74. The van der Waals surface area contributed by atoms with E-state index in [9.17, 15) is 4.79 Å². The molecule has 1 saturated heterocycles. The summed E-state index contributed by atoms with van der Waals surface area (Å²) in [5.41, 5.74) is 1.15. The highest BCUT2D eigenvalue weighted by Crippen LogP contribution is 2.25. The van der Waals surface area contributed by atoms with E-state index in [4.69, 9.17) is 4.74 Å². The molecule has 2 aliphatic heterocycles. The summed E-state index contributed by atoms with van der Waals surface area (Å²) in [5.74, 6) is -0.160. The molecule has 1 fully saturated rings. The monoisotopic (exact) mass is 223 g/mol. The highest BCUT2D eigenvalue weighted by atomic mass is 16.5. The number of piperidine rings is 1. The first-order chi connectivity index (χ1) is 7.65. The zero-order valence-electron chi connectivity index (χ0n) is 10.2. The van der Waals surface area contributed by atoms with E-state index >= 15 is 0 Å². The summed E-state index contributed by atoms with van der Waals surface area (Å²) in [5, 5.41) is 0. The molecular weight excluding hydrogens is 202 g/mol. The Morgan fingerprint density at radius 1 is 1.50 bits per heavy atom. The molecule has 0 amide bonds. The van der Waals surface area contributed by atoms with Crippen molar-refractivity contribution in [2.75, 3.05) is 13.6 Å². The number of cyclic esters (lactones) is 1. The van der Waals surface area contributed by atoms with Gasteiger partial charge in [-0.3, -0.25) is 0 Å². The number of carbonyl (C=O) groups is 1. The van der Waals surface area contributed by atoms with Gasteiger partial charge in [0, 0.05) is 25.0 Å². The van der Waals surface area contributed by atoms with Gasteiger partial charge in [0.05, 0.1) is 0 Å². The smallest absolute Gasteiger partial charge is 0.330 e. The lowest BCUT2D eigenvalue weighted by atomic mass is 9.94. The highest BCUT2D eigenvalue weighted by Gasteiger charge is 2.26. The molecule has 0 bridgehead atoms. The lowest BCUT2D eigenvalue weighted by Crippen LogP contribution is -2.40. The third-order valence-corrected chi connectivity index (χ3v) is 3.65. The van der Waals surface area contributed by atoms with Crippen molar-refractivity contribution in [2.45, 2.75) is 51.2 Å². The molecule has 0 N–H and O–H groups in total. The van der Waals surface area contributed by atoms with Crippen molar-refractivity contribution < 1.29 is 9.53 Å². The molecule has 0 saturated carbocycles. The van der Waals surface area contributed by atoms with Crippen molar-refractivity contribution in [2.24, 2.45) is 0 Å². The fourth-order valence-electron chi connectivity index (χ4n) is 2.74. The van der Waals surface area contributed by atoms with Crippen molar-refractivity contribution in [3.63, 3.8) is 0 Å². The number of rotatable bonds is 2. The van der Waals surface area contributed by atoms with Gasteiger partial charge in [0.1, 0.15) is 6.10 Å². The van der Waals surface area contributed by atoms with Crippen LogP contribution in [0.1, 0.15) is 39.0 Å². The van der Waals surface area contributed by atoms with E-state index < -0.39 is 0 Å². The van der Waals surface area contributed by atoms with Crippen LogP contribution in [0.3, 0.4) is 0 Å². The van der Waals surface area contributed by atoms with Crippen LogP contribution < -0.4 is 0 Å². The molecule has 2 atom stereocenters. The van der Waals surface area contributed by atoms with Gasteiger partial charge in [-0.2, -0.15) is 0 Å². The van der Waals surface area contributed by atoms with Crippen LogP contribution in [-0.4, -0.2) is 36.6 Å². The van der Waals surface area contributed by atoms with E-state index in [1.807, 2.05) is 6.92 Å². The average Bonchev–Trinajstić information content (AvgIpc) is 2.20. The summed E-state index contributed by atoms with van der Waals surface area (Å²) >= 11 is 0. The molecule has 0 aromatic rings. The molecule has 0 aromatic heterocycles. The number of hydrogen-bond donors (Lipinski definition) is 0. The van der Waals surface area contributed by atoms with Crippen molar-refractivity contribution in [3.05, 3.63) is 11.6 Å². The quantitative estimate of drug-likeness (QED) is 0.672. The second-order valence-electron chi connectivity index (χ2n) is 5.12. The van der Waals surface area contributed by atoms with Crippen molar-refractivity contribution in [3.8, 4) is 0 Å². The molecule has 3 heteroatoms. The molecule has 2 heterocycles. The lowest BCUT2D eigenvalue weighted by molar-refractivity contribution is -0.145. The van der Waals surface area contributed by atoms with Crippen molar-refractivity contribution >= 4 is 5.97 Å².